The van der Waals surface area contributed by atoms with Crippen LogP contribution in [0.2, 0.25) is 0 Å². The van der Waals surface area contributed by atoms with Crippen LogP contribution in [0.4, 0.5) is 4.39 Å². The Morgan fingerprint density at radius 2 is 2.00 bits per heavy atom. The Balaban J connectivity index is 1.68. The van der Waals surface area contributed by atoms with Crippen LogP contribution in [0.25, 0.3) is 11.0 Å². The summed E-state index contributed by atoms with van der Waals surface area (Å²) in [4.78, 5) is 17.0. The number of aromatic nitrogens is 3. The fourth-order valence-corrected chi connectivity index (χ4v) is 4.47. The van der Waals surface area contributed by atoms with E-state index in [2.05, 4.69) is 32.9 Å². The van der Waals surface area contributed by atoms with E-state index in [1.54, 1.807) is 34.8 Å². The normalized spacial score (nSPS) is 16.6. The number of likely N-dealkylation sites (N-methyl/N-ethyl adjacent to an activating group) is 1. The molecule has 1 aliphatic rings. The van der Waals surface area contributed by atoms with Gasteiger partial charge < -0.3 is 14.9 Å². The summed E-state index contributed by atoms with van der Waals surface area (Å²) in [6.07, 6.45) is 0.266. The SMILES string of the molecule is C[C@H](N(C)C)C1(O)CN(C(=O)c2cc3c(cc2Cc2ccc(I)cc2F)nnn3C)C1. The largest absolute Gasteiger partial charge is 0.385 e. The predicted octanol–water partition coefficient (Wildman–Crippen LogP) is 2.44. The first-order valence-electron chi connectivity index (χ1n) is 10.0. The van der Waals surface area contributed by atoms with Gasteiger partial charge >= 0.3 is 0 Å². The molecule has 1 aliphatic heterocycles. The lowest BCUT2D eigenvalue weighted by molar-refractivity contribution is -0.120. The van der Waals surface area contributed by atoms with Crippen LogP contribution in [0.15, 0.2) is 30.3 Å². The molecule has 1 fully saturated rings. The molecule has 7 nitrogen and oxygen atoms in total. The minimum absolute atomic E-state index is 0.0827. The molecule has 1 atom stereocenters. The number of carbonyl (C=O) groups is 1. The van der Waals surface area contributed by atoms with Crippen molar-refractivity contribution >= 4 is 39.5 Å². The second kappa shape index (κ2) is 8.10. The van der Waals surface area contributed by atoms with E-state index < -0.39 is 5.60 Å². The van der Waals surface area contributed by atoms with Crippen LogP contribution in [0, 0.1) is 9.39 Å². The monoisotopic (exact) mass is 537 g/mol. The van der Waals surface area contributed by atoms with Crippen molar-refractivity contribution in [1.29, 1.82) is 0 Å². The maximum atomic E-state index is 14.5. The van der Waals surface area contributed by atoms with Crippen molar-refractivity contribution in [1.82, 2.24) is 24.8 Å². The zero-order valence-electron chi connectivity index (χ0n) is 17.9. The van der Waals surface area contributed by atoms with Gasteiger partial charge in [-0.2, -0.15) is 0 Å². The molecule has 3 aromatic rings. The molecule has 9 heteroatoms. The molecule has 1 N–H and O–H groups in total. The Morgan fingerprint density at radius 3 is 2.65 bits per heavy atom. The zero-order chi connectivity index (χ0) is 22.5. The minimum atomic E-state index is -0.945. The topological polar surface area (TPSA) is 74.5 Å². The Morgan fingerprint density at radius 1 is 1.29 bits per heavy atom. The molecule has 0 spiro atoms. The molecule has 2 heterocycles. The number of carbonyl (C=O) groups excluding carboxylic acids is 1. The lowest BCUT2D eigenvalue weighted by Gasteiger charge is -2.51. The van der Waals surface area contributed by atoms with Gasteiger partial charge in [0.05, 0.1) is 18.6 Å². The molecule has 1 saturated heterocycles. The maximum absolute atomic E-state index is 14.5. The van der Waals surface area contributed by atoms with Crippen LogP contribution in [0.3, 0.4) is 0 Å². The standard InChI is InChI=1S/C22H25FIN5O2/c1-13(27(2)3)22(31)11-29(12-22)21(30)17-10-20-19(25-26-28(20)4)8-15(17)7-14-5-6-16(24)9-18(14)23/h5-6,8-10,13,31H,7,11-12H2,1-4H3/t13-/m0/s1. The number of likely N-dealkylation sites (tertiary alicyclic amines) is 1. The first-order chi connectivity index (χ1) is 14.6. The summed E-state index contributed by atoms with van der Waals surface area (Å²) in [5.74, 6) is -0.484. The van der Waals surface area contributed by atoms with Crippen molar-refractivity contribution in [2.45, 2.75) is 25.0 Å². The minimum Gasteiger partial charge on any atom is -0.385 e. The molecule has 1 amide bonds. The lowest BCUT2D eigenvalue weighted by atomic mass is 9.85. The van der Waals surface area contributed by atoms with Crippen LogP contribution in [-0.4, -0.2) is 74.6 Å². The fraction of sp³-hybridized carbons (Fsp3) is 0.409. The van der Waals surface area contributed by atoms with Crippen LogP contribution in [0.5, 0.6) is 0 Å². The van der Waals surface area contributed by atoms with E-state index in [0.29, 0.717) is 22.2 Å². The second-order valence-corrected chi connectivity index (χ2v) is 9.77. The van der Waals surface area contributed by atoms with E-state index in [1.807, 2.05) is 32.0 Å². The number of nitrogens with zero attached hydrogens (tertiary/aromatic N) is 5. The average Bonchev–Trinajstić information content (AvgIpc) is 3.05. The van der Waals surface area contributed by atoms with Gasteiger partial charge in [-0.1, -0.05) is 11.3 Å². The van der Waals surface area contributed by atoms with Gasteiger partial charge in [-0.3, -0.25) is 4.79 Å². The van der Waals surface area contributed by atoms with Gasteiger partial charge in [0.1, 0.15) is 16.9 Å². The van der Waals surface area contributed by atoms with Gasteiger partial charge in [0.2, 0.25) is 0 Å². The third-order valence-electron chi connectivity index (χ3n) is 6.23. The summed E-state index contributed by atoms with van der Waals surface area (Å²) >= 11 is 2.07. The van der Waals surface area contributed by atoms with Crippen molar-refractivity contribution in [2.24, 2.45) is 7.05 Å². The van der Waals surface area contributed by atoms with Crippen molar-refractivity contribution in [2.75, 3.05) is 27.2 Å². The van der Waals surface area contributed by atoms with Gasteiger partial charge in [-0.15, -0.1) is 5.10 Å². The number of rotatable bonds is 5. The Labute approximate surface area is 194 Å². The van der Waals surface area contributed by atoms with Gasteiger partial charge in [0.25, 0.3) is 5.91 Å². The smallest absolute Gasteiger partial charge is 0.254 e. The van der Waals surface area contributed by atoms with E-state index in [9.17, 15) is 14.3 Å². The molecule has 1 aromatic heterocycles. The van der Waals surface area contributed by atoms with Crippen molar-refractivity contribution in [3.8, 4) is 0 Å². The van der Waals surface area contributed by atoms with Crippen molar-refractivity contribution in [3.63, 3.8) is 0 Å². The third-order valence-corrected chi connectivity index (χ3v) is 6.90. The quantitative estimate of drug-likeness (QED) is 0.507. The molecular formula is C22H25FIN5O2. The molecule has 164 valence electrons. The summed E-state index contributed by atoms with van der Waals surface area (Å²) in [7, 11) is 5.58. The highest BCUT2D eigenvalue weighted by Crippen LogP contribution is 2.31. The van der Waals surface area contributed by atoms with Crippen LogP contribution in [-0.2, 0) is 13.5 Å². The van der Waals surface area contributed by atoms with Gasteiger partial charge in [-0.25, -0.2) is 9.07 Å². The number of hydrogen-bond acceptors (Lipinski definition) is 5. The first kappa shape index (κ1) is 22.1. The molecule has 0 aliphatic carbocycles. The zero-order valence-corrected chi connectivity index (χ0v) is 20.1. The third kappa shape index (κ3) is 4.06. The summed E-state index contributed by atoms with van der Waals surface area (Å²) in [5.41, 5.74) is 2.12. The number of benzene rings is 2. The first-order valence-corrected chi connectivity index (χ1v) is 11.1. The predicted molar refractivity (Wildman–Crippen MR) is 124 cm³/mol. The van der Waals surface area contributed by atoms with Gasteiger partial charge in [0, 0.05) is 28.6 Å². The second-order valence-electron chi connectivity index (χ2n) is 8.53. The molecule has 31 heavy (non-hydrogen) atoms. The van der Waals surface area contributed by atoms with Crippen LogP contribution < -0.4 is 0 Å². The number of halogens is 2. The van der Waals surface area contributed by atoms with Crippen molar-refractivity contribution in [3.05, 3.63) is 56.4 Å². The molecule has 0 bridgehead atoms. The van der Waals surface area contributed by atoms with Crippen LogP contribution >= 0.6 is 22.6 Å². The Hall–Kier alpha value is -2.11. The van der Waals surface area contributed by atoms with Gasteiger partial charge in [0.15, 0.2) is 0 Å². The van der Waals surface area contributed by atoms with E-state index in [4.69, 9.17) is 0 Å². The molecule has 4 rings (SSSR count). The number of fused-ring (bicyclic) bond motifs is 1. The van der Waals surface area contributed by atoms with E-state index >= 15 is 0 Å². The average molecular weight is 537 g/mol. The van der Waals surface area contributed by atoms with E-state index in [-0.39, 0.29) is 37.3 Å². The highest BCUT2D eigenvalue weighted by atomic mass is 127. The summed E-state index contributed by atoms with van der Waals surface area (Å²) in [6, 6.07) is 8.57. The Bertz CT molecular complexity index is 1160. The summed E-state index contributed by atoms with van der Waals surface area (Å²) < 4.78 is 16.9. The van der Waals surface area contributed by atoms with E-state index in [0.717, 1.165) is 9.09 Å². The lowest BCUT2D eigenvalue weighted by Crippen LogP contribution is -2.70. The molecular weight excluding hydrogens is 512 g/mol. The summed E-state index contributed by atoms with van der Waals surface area (Å²) in [6.45, 7) is 2.45. The summed E-state index contributed by atoms with van der Waals surface area (Å²) in [5, 5.41) is 19.0. The number of β-amino-alcohol motifs (C(OH)–C–C–N with tert-alkyl or cyclic N) is 1. The van der Waals surface area contributed by atoms with Crippen molar-refractivity contribution < 1.29 is 14.3 Å². The number of amides is 1. The van der Waals surface area contributed by atoms with E-state index in [1.165, 1.54) is 6.07 Å². The highest BCUT2D eigenvalue weighted by Gasteiger charge is 2.48. The Kier molecular flexibility index (Phi) is 5.78. The molecule has 2 aromatic carbocycles. The van der Waals surface area contributed by atoms with Crippen LogP contribution in [0.1, 0.15) is 28.4 Å². The highest BCUT2D eigenvalue weighted by molar-refractivity contribution is 14.1. The number of hydrogen-bond donors (Lipinski definition) is 1. The van der Waals surface area contributed by atoms with Gasteiger partial charge in [-0.05, 0) is 79.0 Å². The molecule has 0 unspecified atom stereocenters. The number of aryl methyl sites for hydroxylation is 1. The molecule has 0 radical (unpaired) electrons. The maximum Gasteiger partial charge on any atom is 0.254 e. The number of aliphatic hydroxyl groups is 1. The fourth-order valence-electron chi connectivity index (χ4n) is 4.01. The molecule has 0 saturated carbocycles.